The van der Waals surface area contributed by atoms with Gasteiger partial charge in [-0.1, -0.05) is 30.8 Å². The molecule has 2 aliphatic heterocycles. The van der Waals surface area contributed by atoms with Crippen molar-refractivity contribution in [2.24, 2.45) is 16.8 Å². The van der Waals surface area contributed by atoms with E-state index >= 15 is 0 Å². The molecule has 3 atom stereocenters. The summed E-state index contributed by atoms with van der Waals surface area (Å²) in [4.78, 5) is 60.8. The van der Waals surface area contributed by atoms with E-state index in [1.807, 2.05) is 19.9 Å². The number of hydrogen-bond donors (Lipinski definition) is 6. The molecular formula is C24H29N9O6S4. The van der Waals surface area contributed by atoms with E-state index in [0.29, 0.717) is 23.0 Å². The SMILES string of the molecule is CC(C)[C@H](N)C(=O)NCCSCc1ncccc1SC1=C(C(=O)O)N2C(=O)[C@@H](NC(=O)/C(=N\O)c3nsc(N)n3)C2SC1. The first-order valence-electron chi connectivity index (χ1n) is 12.8. The Kier molecular flexibility index (Phi) is 10.9. The van der Waals surface area contributed by atoms with Crippen LogP contribution in [0.1, 0.15) is 25.4 Å². The molecule has 15 nitrogen and oxygen atoms in total. The number of aliphatic carboxylic acids is 1. The number of aromatic nitrogens is 3. The molecule has 0 bridgehead atoms. The summed E-state index contributed by atoms with van der Waals surface area (Å²) in [5, 5.41) is 27.0. The number of β-lactam (4-membered cyclic amide) rings is 1. The average Bonchev–Trinajstić information content (AvgIpc) is 3.41. The third-order valence-corrected chi connectivity index (χ3v) is 10.4. The van der Waals surface area contributed by atoms with Gasteiger partial charge in [0.25, 0.3) is 11.8 Å². The van der Waals surface area contributed by atoms with E-state index in [1.165, 1.54) is 23.5 Å². The van der Waals surface area contributed by atoms with Crippen LogP contribution in [0.4, 0.5) is 5.13 Å². The Balaban J connectivity index is 1.40. The number of carboxylic acid groups (broad SMARTS) is 1. The van der Waals surface area contributed by atoms with E-state index in [2.05, 4.69) is 30.1 Å². The van der Waals surface area contributed by atoms with Crippen molar-refractivity contribution in [1.29, 1.82) is 0 Å². The summed E-state index contributed by atoms with van der Waals surface area (Å²) in [6.07, 6.45) is 1.65. The van der Waals surface area contributed by atoms with Crippen LogP contribution in [0.3, 0.4) is 0 Å². The topological polar surface area (TPSA) is 239 Å². The fourth-order valence-electron chi connectivity index (χ4n) is 4.00. The van der Waals surface area contributed by atoms with Gasteiger partial charge < -0.3 is 32.4 Å². The molecule has 1 unspecified atom stereocenters. The third-order valence-electron chi connectivity index (χ3n) is 6.28. The lowest BCUT2D eigenvalue weighted by atomic mass is 10.0. The van der Waals surface area contributed by atoms with Crippen LogP contribution in [-0.4, -0.2) is 94.5 Å². The minimum absolute atomic E-state index is 0.0375. The highest BCUT2D eigenvalue weighted by molar-refractivity contribution is 8.06. The maximum Gasteiger partial charge on any atom is 0.353 e. The molecular weight excluding hydrogens is 639 g/mol. The van der Waals surface area contributed by atoms with Gasteiger partial charge in [0.2, 0.25) is 17.4 Å². The molecule has 0 saturated carbocycles. The summed E-state index contributed by atoms with van der Waals surface area (Å²) in [5.41, 5.74) is 11.4. The quantitative estimate of drug-likeness (QED) is 0.0561. The Morgan fingerprint density at radius 1 is 1.33 bits per heavy atom. The van der Waals surface area contributed by atoms with Gasteiger partial charge in [-0.3, -0.25) is 24.3 Å². The number of carboxylic acids is 1. The Labute approximate surface area is 262 Å². The van der Waals surface area contributed by atoms with Gasteiger partial charge in [-0.2, -0.15) is 21.1 Å². The largest absolute Gasteiger partial charge is 0.477 e. The standard InChI is InChI=1S/C24H29N9O6S4/c1-10(2)14(25)19(34)28-6-7-40-8-11-12(4-3-5-27-11)42-13-9-41-22-16(21(36)33(22)17(13)23(37)38)29-20(35)15(31-39)18-30-24(26)43-32-18/h3-5,10,14,16,22,39H,6-9,25H2,1-2H3,(H,28,34)(H,29,35)(H,37,38)(H2,26,30,32)/b31-15-/t14-,16+,22?/m0/s1. The maximum atomic E-state index is 13.1. The van der Waals surface area contributed by atoms with Crippen LogP contribution in [0.15, 0.2) is 39.0 Å². The first kappa shape index (κ1) is 32.5. The Morgan fingerprint density at radius 2 is 2.09 bits per heavy atom. The summed E-state index contributed by atoms with van der Waals surface area (Å²) in [6, 6.07) is 1.96. The first-order chi connectivity index (χ1) is 20.5. The molecule has 1 fully saturated rings. The lowest BCUT2D eigenvalue weighted by Crippen LogP contribution is -2.71. The molecule has 2 aliphatic rings. The lowest BCUT2D eigenvalue weighted by Gasteiger charge is -2.49. The average molecular weight is 668 g/mol. The molecule has 0 aliphatic carbocycles. The van der Waals surface area contributed by atoms with Crippen LogP contribution in [0.2, 0.25) is 0 Å². The van der Waals surface area contributed by atoms with Crippen molar-refractivity contribution in [2.75, 3.05) is 23.8 Å². The predicted octanol–water partition coefficient (Wildman–Crippen LogP) is 0.515. The van der Waals surface area contributed by atoms with Crippen molar-refractivity contribution in [3.8, 4) is 0 Å². The summed E-state index contributed by atoms with van der Waals surface area (Å²) in [6.45, 7) is 4.21. The second-order valence-electron chi connectivity index (χ2n) is 9.51. The van der Waals surface area contributed by atoms with Crippen molar-refractivity contribution >= 4 is 81.4 Å². The molecule has 43 heavy (non-hydrogen) atoms. The Hall–Kier alpha value is -3.39. The van der Waals surface area contributed by atoms with E-state index < -0.39 is 41.0 Å². The van der Waals surface area contributed by atoms with Gasteiger partial charge in [-0.25, -0.2) is 4.79 Å². The van der Waals surface area contributed by atoms with Crippen LogP contribution in [0.5, 0.6) is 0 Å². The number of nitrogens with one attached hydrogen (secondary N) is 2. The number of nitrogen functional groups attached to an aromatic ring is 1. The van der Waals surface area contributed by atoms with Gasteiger partial charge >= 0.3 is 5.97 Å². The molecule has 3 amide bonds. The Morgan fingerprint density at radius 3 is 2.74 bits per heavy atom. The molecule has 1 saturated heterocycles. The molecule has 0 radical (unpaired) electrons. The number of carbonyl (C=O) groups is 4. The number of hydrogen-bond acceptors (Lipinski definition) is 15. The van der Waals surface area contributed by atoms with Gasteiger partial charge in [0, 0.05) is 51.3 Å². The number of thioether (sulfide) groups is 3. The summed E-state index contributed by atoms with van der Waals surface area (Å²) in [7, 11) is 0. The zero-order valence-electron chi connectivity index (χ0n) is 22.9. The highest BCUT2D eigenvalue weighted by Gasteiger charge is 2.54. The first-order valence-corrected chi connectivity index (χ1v) is 16.6. The van der Waals surface area contributed by atoms with Crippen molar-refractivity contribution in [1.82, 2.24) is 29.9 Å². The highest BCUT2D eigenvalue weighted by Crippen LogP contribution is 2.45. The zero-order chi connectivity index (χ0) is 31.3. The van der Waals surface area contributed by atoms with E-state index in [-0.39, 0.29) is 34.2 Å². The number of amides is 3. The number of fused-ring (bicyclic) bond motifs is 1. The van der Waals surface area contributed by atoms with E-state index in [0.717, 1.165) is 27.0 Å². The minimum Gasteiger partial charge on any atom is -0.477 e. The van der Waals surface area contributed by atoms with E-state index in [4.69, 9.17) is 11.5 Å². The summed E-state index contributed by atoms with van der Waals surface area (Å²) in [5.74, 6) is -1.74. The van der Waals surface area contributed by atoms with Crippen LogP contribution >= 0.6 is 46.8 Å². The van der Waals surface area contributed by atoms with Crippen LogP contribution in [0.25, 0.3) is 0 Å². The van der Waals surface area contributed by atoms with E-state index in [1.54, 1.807) is 24.0 Å². The molecule has 4 heterocycles. The van der Waals surface area contributed by atoms with Gasteiger partial charge in [0.15, 0.2) is 5.13 Å². The highest BCUT2D eigenvalue weighted by atomic mass is 32.2. The second kappa shape index (κ2) is 14.4. The van der Waals surface area contributed by atoms with Gasteiger partial charge in [0.05, 0.1) is 11.7 Å². The molecule has 2 aromatic heterocycles. The number of anilines is 1. The molecule has 2 aromatic rings. The van der Waals surface area contributed by atoms with Gasteiger partial charge in [0.1, 0.15) is 17.1 Å². The normalized spacial score (nSPS) is 19.1. The summed E-state index contributed by atoms with van der Waals surface area (Å²) >= 11 is 4.88. The second-order valence-corrected chi connectivity index (χ2v) is 13.6. The van der Waals surface area contributed by atoms with Crippen LogP contribution < -0.4 is 22.1 Å². The van der Waals surface area contributed by atoms with E-state index in [9.17, 15) is 29.5 Å². The van der Waals surface area contributed by atoms with Crippen LogP contribution in [-0.2, 0) is 24.9 Å². The monoisotopic (exact) mass is 667 g/mol. The van der Waals surface area contributed by atoms with Crippen molar-refractivity contribution in [3.05, 3.63) is 40.5 Å². The number of nitrogens with two attached hydrogens (primary N) is 2. The van der Waals surface area contributed by atoms with Crippen LogP contribution in [0, 0.1) is 5.92 Å². The predicted molar refractivity (Wildman–Crippen MR) is 164 cm³/mol. The third kappa shape index (κ3) is 7.40. The molecule has 8 N–H and O–H groups in total. The Bertz CT molecular complexity index is 1470. The number of nitrogens with zero attached hydrogens (tertiary/aromatic N) is 5. The number of oxime groups is 1. The molecule has 4 rings (SSSR count). The number of carbonyl (C=O) groups excluding carboxylic acids is 3. The lowest BCUT2D eigenvalue weighted by molar-refractivity contribution is -0.150. The van der Waals surface area contributed by atoms with Crippen molar-refractivity contribution < 1.29 is 29.5 Å². The fraction of sp³-hybridized carbons (Fsp3) is 0.417. The smallest absolute Gasteiger partial charge is 0.353 e. The number of rotatable bonds is 13. The molecule has 0 spiro atoms. The maximum absolute atomic E-state index is 13.1. The van der Waals surface area contributed by atoms with Crippen molar-refractivity contribution in [3.63, 3.8) is 0 Å². The van der Waals surface area contributed by atoms with Gasteiger partial charge in [-0.05, 0) is 18.1 Å². The van der Waals surface area contributed by atoms with Gasteiger partial charge in [-0.15, -0.1) is 11.8 Å². The summed E-state index contributed by atoms with van der Waals surface area (Å²) < 4.78 is 3.84. The zero-order valence-corrected chi connectivity index (χ0v) is 26.2. The number of pyridine rings is 1. The fourth-order valence-corrected chi connectivity index (χ4v) is 7.91. The van der Waals surface area contributed by atoms with Crippen molar-refractivity contribution in [2.45, 2.75) is 42.0 Å². The molecule has 19 heteroatoms. The minimum atomic E-state index is -1.28. The molecule has 0 aromatic carbocycles. The molecule has 230 valence electrons.